The molecule has 10 aromatic rings. The first-order valence-electron chi connectivity index (χ1n) is 21.1. The van der Waals surface area contributed by atoms with E-state index in [1.807, 2.05) is 0 Å². The fourth-order valence-corrected chi connectivity index (χ4v) is 10.4. The highest BCUT2D eigenvalue weighted by atomic mass is 15.2. The fourth-order valence-electron chi connectivity index (χ4n) is 10.4. The Hall–Kier alpha value is -7.94. The minimum absolute atomic E-state index is 0.555. The van der Waals surface area contributed by atoms with Gasteiger partial charge >= 0.3 is 0 Å². The quantitative estimate of drug-likeness (QED) is 0.159. The average Bonchev–Trinajstić information content (AvgIpc) is 3.80. The molecule has 0 saturated carbocycles. The zero-order valence-corrected chi connectivity index (χ0v) is 33.5. The van der Waals surface area contributed by atoms with Gasteiger partial charge in [-0.1, -0.05) is 182 Å². The molecule has 0 heterocycles. The molecule has 10 aromatic carbocycles. The lowest BCUT2D eigenvalue weighted by Gasteiger charge is -2.34. The zero-order valence-electron chi connectivity index (χ0n) is 33.5. The first kappa shape index (κ1) is 35.0. The van der Waals surface area contributed by atoms with Crippen LogP contribution in [0.15, 0.2) is 243 Å². The van der Waals surface area contributed by atoms with Crippen LogP contribution >= 0.6 is 0 Å². The van der Waals surface area contributed by atoms with E-state index in [1.54, 1.807) is 0 Å². The first-order chi connectivity index (χ1) is 30.3. The molecule has 2 aliphatic rings. The molecular formula is C59H40N2. The Labute approximate surface area is 356 Å². The third-order valence-electron chi connectivity index (χ3n) is 12.8. The van der Waals surface area contributed by atoms with E-state index >= 15 is 0 Å². The summed E-state index contributed by atoms with van der Waals surface area (Å²) in [6, 6.07) is 89.0. The van der Waals surface area contributed by atoms with Crippen molar-refractivity contribution in [1.82, 2.24) is 0 Å². The Morgan fingerprint density at radius 3 is 1.39 bits per heavy atom. The molecule has 2 nitrogen and oxygen atoms in total. The van der Waals surface area contributed by atoms with Crippen molar-refractivity contribution < 1.29 is 0 Å². The number of para-hydroxylation sites is 4. The van der Waals surface area contributed by atoms with Gasteiger partial charge in [0.1, 0.15) is 0 Å². The Morgan fingerprint density at radius 2 is 0.738 bits per heavy atom. The number of hydrogen-bond donors (Lipinski definition) is 0. The van der Waals surface area contributed by atoms with E-state index in [2.05, 4.69) is 252 Å². The van der Waals surface area contributed by atoms with Crippen LogP contribution in [-0.2, 0) is 5.41 Å². The lowest BCUT2D eigenvalue weighted by Crippen LogP contribution is -2.26. The van der Waals surface area contributed by atoms with Gasteiger partial charge in [0.05, 0.1) is 16.8 Å². The number of benzene rings is 10. The molecule has 1 unspecified atom stereocenters. The van der Waals surface area contributed by atoms with Gasteiger partial charge in [-0.2, -0.15) is 0 Å². The highest BCUT2D eigenvalue weighted by molar-refractivity contribution is 6.12. The van der Waals surface area contributed by atoms with Crippen LogP contribution in [0.1, 0.15) is 22.3 Å². The van der Waals surface area contributed by atoms with Crippen LogP contribution < -0.4 is 9.80 Å². The minimum Gasteiger partial charge on any atom is -0.310 e. The molecule has 61 heavy (non-hydrogen) atoms. The molecule has 12 rings (SSSR count). The van der Waals surface area contributed by atoms with E-state index < -0.39 is 5.41 Å². The van der Waals surface area contributed by atoms with E-state index in [4.69, 9.17) is 0 Å². The van der Waals surface area contributed by atoms with Crippen molar-refractivity contribution >= 4 is 44.9 Å². The van der Waals surface area contributed by atoms with Crippen LogP contribution in [0.25, 0.3) is 44.2 Å². The van der Waals surface area contributed by atoms with Crippen LogP contribution in [-0.4, -0.2) is 0 Å². The van der Waals surface area contributed by atoms with Gasteiger partial charge in [0.2, 0.25) is 0 Å². The van der Waals surface area contributed by atoms with Gasteiger partial charge in [0.25, 0.3) is 0 Å². The lowest BCUT2D eigenvalue weighted by atomic mass is 9.70. The van der Waals surface area contributed by atoms with Crippen molar-refractivity contribution in [3.8, 4) is 33.4 Å². The first-order valence-corrected chi connectivity index (χ1v) is 21.1. The smallest absolute Gasteiger partial charge is 0.0726 e. The van der Waals surface area contributed by atoms with Crippen molar-refractivity contribution in [3.63, 3.8) is 0 Å². The summed E-state index contributed by atoms with van der Waals surface area (Å²) in [7, 11) is 0. The highest BCUT2D eigenvalue weighted by Gasteiger charge is 2.52. The number of anilines is 6. The Bertz CT molecular complexity index is 3210. The van der Waals surface area contributed by atoms with Gasteiger partial charge in [-0.3, -0.25) is 0 Å². The van der Waals surface area contributed by atoms with E-state index in [-0.39, 0.29) is 0 Å². The van der Waals surface area contributed by atoms with Gasteiger partial charge in [-0.25, -0.2) is 0 Å². The summed E-state index contributed by atoms with van der Waals surface area (Å²) in [5, 5.41) is 2.46. The molecular weight excluding hydrogens is 737 g/mol. The molecule has 0 fully saturated rings. The maximum atomic E-state index is 2.53. The summed E-state index contributed by atoms with van der Waals surface area (Å²) in [6.07, 6.45) is 0. The lowest BCUT2D eigenvalue weighted by molar-refractivity contribution is 0.794. The molecule has 2 aliphatic carbocycles. The molecule has 0 bridgehead atoms. The Kier molecular flexibility index (Phi) is 8.11. The molecule has 1 atom stereocenters. The second kappa shape index (κ2) is 14.1. The van der Waals surface area contributed by atoms with E-state index in [0.717, 1.165) is 34.1 Å². The van der Waals surface area contributed by atoms with Crippen molar-refractivity contribution in [1.29, 1.82) is 0 Å². The van der Waals surface area contributed by atoms with Crippen LogP contribution in [0.5, 0.6) is 0 Å². The molecule has 0 N–H and O–H groups in total. The normalized spacial score (nSPS) is 14.3. The second-order valence-corrected chi connectivity index (χ2v) is 16.0. The summed E-state index contributed by atoms with van der Waals surface area (Å²) in [5.41, 5.74) is 19.0. The Morgan fingerprint density at radius 1 is 0.262 bits per heavy atom. The largest absolute Gasteiger partial charge is 0.310 e. The SMILES string of the molecule is c1ccc(-c2ccccc2N(c2ccccc2)c2cc3c(c4ccccc24)-c2ccccc2C32c3ccccc3-c3cc(N(c4ccccc4)c4ccccc4)ccc32)cc1. The zero-order chi connectivity index (χ0) is 40.3. The van der Waals surface area contributed by atoms with E-state index in [1.165, 1.54) is 66.4 Å². The van der Waals surface area contributed by atoms with Crippen LogP contribution in [0.3, 0.4) is 0 Å². The van der Waals surface area contributed by atoms with Crippen LogP contribution in [0.4, 0.5) is 34.1 Å². The topological polar surface area (TPSA) is 6.48 Å². The molecule has 1 spiro atoms. The van der Waals surface area contributed by atoms with Crippen molar-refractivity contribution in [2.75, 3.05) is 9.80 Å². The van der Waals surface area contributed by atoms with Crippen molar-refractivity contribution in [3.05, 3.63) is 265 Å². The van der Waals surface area contributed by atoms with Gasteiger partial charge in [0.15, 0.2) is 0 Å². The van der Waals surface area contributed by atoms with Crippen molar-refractivity contribution in [2.45, 2.75) is 5.41 Å². The monoisotopic (exact) mass is 776 g/mol. The third kappa shape index (κ3) is 5.29. The van der Waals surface area contributed by atoms with Gasteiger partial charge in [-0.05, 0) is 116 Å². The van der Waals surface area contributed by atoms with Gasteiger partial charge in [0, 0.05) is 33.7 Å². The molecule has 0 aliphatic heterocycles. The molecule has 286 valence electrons. The number of hydrogen-bond acceptors (Lipinski definition) is 2. The molecule has 0 saturated heterocycles. The number of rotatable bonds is 7. The van der Waals surface area contributed by atoms with Gasteiger partial charge < -0.3 is 9.80 Å². The molecule has 0 aromatic heterocycles. The predicted molar refractivity (Wildman–Crippen MR) is 255 cm³/mol. The van der Waals surface area contributed by atoms with Gasteiger partial charge in [-0.15, -0.1) is 0 Å². The molecule has 0 amide bonds. The number of fused-ring (bicyclic) bond motifs is 12. The third-order valence-corrected chi connectivity index (χ3v) is 12.8. The summed E-state index contributed by atoms with van der Waals surface area (Å²) < 4.78 is 0. The van der Waals surface area contributed by atoms with Crippen LogP contribution in [0, 0.1) is 0 Å². The maximum Gasteiger partial charge on any atom is 0.0726 e. The fraction of sp³-hybridized carbons (Fsp3) is 0.0169. The van der Waals surface area contributed by atoms with Crippen molar-refractivity contribution in [2.24, 2.45) is 0 Å². The molecule has 2 heteroatoms. The van der Waals surface area contributed by atoms with Crippen LogP contribution in [0.2, 0.25) is 0 Å². The Balaban J connectivity index is 1.16. The summed E-state index contributed by atoms with van der Waals surface area (Å²) in [5.74, 6) is 0. The highest BCUT2D eigenvalue weighted by Crippen LogP contribution is 2.65. The second-order valence-electron chi connectivity index (χ2n) is 16.0. The summed E-state index contributed by atoms with van der Waals surface area (Å²) in [4.78, 5) is 4.86. The van der Waals surface area contributed by atoms with E-state index in [9.17, 15) is 0 Å². The molecule has 0 radical (unpaired) electrons. The standard InChI is InChI=1S/C59H40N2/c1-5-21-41(22-6-1)46-29-17-20-36-56(46)61(44-27-11-4-12-28-44)57-40-55-58(49-32-14-13-31-48(49)57)50-33-16-19-35-53(50)59(55)52-34-18-15-30-47(52)51-39-45(37-38-54(51)59)60(42-23-7-2-8-24-42)43-25-9-3-10-26-43/h1-40H. The minimum atomic E-state index is -0.555. The maximum absolute atomic E-state index is 2.53. The van der Waals surface area contributed by atoms with E-state index in [0.29, 0.717) is 0 Å². The summed E-state index contributed by atoms with van der Waals surface area (Å²) >= 11 is 0. The summed E-state index contributed by atoms with van der Waals surface area (Å²) in [6.45, 7) is 0. The predicted octanol–water partition coefficient (Wildman–Crippen LogP) is 15.8. The average molecular weight is 777 g/mol. The number of nitrogens with zero attached hydrogens (tertiary/aromatic N) is 2.